The first-order valence-corrected chi connectivity index (χ1v) is 13.7. The third-order valence-electron chi connectivity index (χ3n) is 7.56. The number of aromatic nitrogens is 4. The molecule has 5 heterocycles. The maximum atomic E-state index is 5.94. The quantitative estimate of drug-likeness (QED) is 0.167. The molecule has 3 aromatic carbocycles. The van der Waals surface area contributed by atoms with Crippen molar-refractivity contribution in [3.05, 3.63) is 121 Å². The van der Waals surface area contributed by atoms with Crippen molar-refractivity contribution in [1.29, 1.82) is 0 Å². The molecule has 5 nitrogen and oxygen atoms in total. The summed E-state index contributed by atoms with van der Waals surface area (Å²) in [5, 5.41) is 2.07. The van der Waals surface area contributed by atoms with Gasteiger partial charge in [-0.2, -0.15) is 0 Å². The summed E-state index contributed by atoms with van der Waals surface area (Å²) in [5.41, 5.74) is 9.97. The van der Waals surface area contributed by atoms with Gasteiger partial charge < -0.3 is 14.0 Å². The van der Waals surface area contributed by atoms with Gasteiger partial charge in [0.05, 0.1) is 28.0 Å². The predicted molar refractivity (Wildman–Crippen MR) is 165 cm³/mol. The van der Waals surface area contributed by atoms with E-state index in [0.29, 0.717) is 5.71 Å². The van der Waals surface area contributed by atoms with Gasteiger partial charge in [-0.3, -0.25) is 4.98 Å². The zero-order valence-corrected chi connectivity index (χ0v) is 26.2. The average Bonchev–Trinajstić information content (AvgIpc) is 3.56. The van der Waals surface area contributed by atoms with Crippen LogP contribution in [0.5, 0.6) is 0 Å². The van der Waals surface area contributed by atoms with Crippen LogP contribution in [-0.4, -0.2) is 19.5 Å². The van der Waals surface area contributed by atoms with Crippen LogP contribution < -0.4 is 0 Å². The van der Waals surface area contributed by atoms with E-state index in [-0.39, 0.29) is 25.6 Å². The van der Waals surface area contributed by atoms with E-state index in [1.807, 2.05) is 67.6 Å². The van der Waals surface area contributed by atoms with Crippen molar-refractivity contribution in [3.63, 3.8) is 0 Å². The van der Waals surface area contributed by atoms with Gasteiger partial charge in [0.25, 0.3) is 0 Å². The summed E-state index contributed by atoms with van der Waals surface area (Å²) in [7, 11) is 0. The Bertz CT molecular complexity index is 2090. The molecule has 0 aliphatic carbocycles. The second-order valence-electron chi connectivity index (χ2n) is 10.9. The van der Waals surface area contributed by atoms with Crippen molar-refractivity contribution in [2.75, 3.05) is 0 Å². The fraction of sp³-hybridized carbons (Fsp3) is 0.139. The molecular formula is C36H28IrN4O-2. The zero-order chi connectivity index (χ0) is 28.1. The number of para-hydroxylation sites is 1. The topological polar surface area (TPSA) is 56.7 Å². The first kappa shape index (κ1) is 27.8. The number of nitrogens with zero attached hydrogens (tertiary/aromatic N) is 4. The van der Waals surface area contributed by atoms with Crippen LogP contribution in [0.3, 0.4) is 0 Å². The number of rotatable bonds is 2. The van der Waals surface area contributed by atoms with Crippen LogP contribution in [0, 0.1) is 19.1 Å². The molecule has 0 amide bonds. The Balaban J connectivity index is 0.000000147. The van der Waals surface area contributed by atoms with Gasteiger partial charge in [0.2, 0.25) is 5.71 Å². The summed E-state index contributed by atoms with van der Waals surface area (Å²) in [5.74, 6) is 0.992. The van der Waals surface area contributed by atoms with E-state index in [1.54, 1.807) is 6.20 Å². The molecule has 209 valence electrons. The Morgan fingerprint density at radius 3 is 2.45 bits per heavy atom. The maximum absolute atomic E-state index is 5.94. The van der Waals surface area contributed by atoms with Gasteiger partial charge in [-0.15, -0.1) is 54.1 Å². The van der Waals surface area contributed by atoms with Crippen molar-refractivity contribution in [1.82, 2.24) is 19.5 Å². The number of benzene rings is 3. The van der Waals surface area contributed by atoms with E-state index in [4.69, 9.17) is 9.40 Å². The predicted octanol–water partition coefficient (Wildman–Crippen LogP) is 8.80. The van der Waals surface area contributed by atoms with Gasteiger partial charge in [-0.25, -0.2) is 4.98 Å². The second kappa shape index (κ2) is 10.8. The molecule has 0 bridgehead atoms. The van der Waals surface area contributed by atoms with E-state index in [2.05, 4.69) is 77.8 Å². The SMILES string of the molecule is CC1=CC(C)(C)n2c(-c3[c-]cccc3)nc3cccc1c32.Cc1ccc2c(n1)oc1c(-c3ccccn3)[c-]ccc12.[Ir]. The van der Waals surface area contributed by atoms with E-state index in [9.17, 15) is 0 Å². The Morgan fingerprint density at radius 2 is 1.67 bits per heavy atom. The number of imidazole rings is 1. The smallest absolute Gasteiger partial charge is 0.216 e. The minimum absolute atomic E-state index is 0. The first-order valence-electron chi connectivity index (χ1n) is 13.7. The van der Waals surface area contributed by atoms with E-state index in [0.717, 1.165) is 50.2 Å². The molecule has 1 aliphatic heterocycles. The van der Waals surface area contributed by atoms with Crippen LogP contribution in [0.1, 0.15) is 32.0 Å². The van der Waals surface area contributed by atoms with Crippen LogP contribution in [0.4, 0.5) is 0 Å². The molecular weight excluding hydrogens is 697 g/mol. The van der Waals surface area contributed by atoms with Gasteiger partial charge >= 0.3 is 0 Å². The van der Waals surface area contributed by atoms with Crippen LogP contribution in [0.15, 0.2) is 102 Å². The monoisotopic (exact) mass is 725 g/mol. The van der Waals surface area contributed by atoms with Crippen LogP contribution in [0.2, 0.25) is 0 Å². The largest absolute Gasteiger partial charge is 0.486 e. The Kier molecular flexibility index (Phi) is 7.13. The number of allylic oxidation sites excluding steroid dienone is 2. The van der Waals surface area contributed by atoms with Crippen LogP contribution >= 0.6 is 0 Å². The fourth-order valence-corrected chi connectivity index (χ4v) is 5.81. The molecule has 6 heteroatoms. The summed E-state index contributed by atoms with van der Waals surface area (Å²) < 4.78 is 8.28. The standard InChI is InChI=1S/C19H17N2.C17H11N2O.Ir/c1-13-12-19(2,3)21-17-15(13)10-7-11-16(17)20-18(21)14-8-5-4-6-9-14;1-11-8-9-13-12-5-4-6-14(15-7-2-3-10-18-15)16(12)20-17(13)19-11;/h4-8,10-12H,1-3H3;2-5,7-10H,1H3;/q2*-1;. The molecule has 42 heavy (non-hydrogen) atoms. The van der Waals surface area contributed by atoms with E-state index < -0.39 is 0 Å². The van der Waals surface area contributed by atoms with Crippen molar-refractivity contribution >= 4 is 38.7 Å². The maximum Gasteiger partial charge on any atom is 0.216 e. The average molecular weight is 725 g/mol. The molecule has 1 radical (unpaired) electrons. The zero-order valence-electron chi connectivity index (χ0n) is 23.8. The van der Waals surface area contributed by atoms with Gasteiger partial charge in [-0.05, 0) is 63.2 Å². The molecule has 4 aromatic heterocycles. The Hall–Kier alpha value is -4.38. The van der Waals surface area contributed by atoms with Crippen molar-refractivity contribution in [2.24, 2.45) is 0 Å². The van der Waals surface area contributed by atoms with Gasteiger partial charge in [0.15, 0.2) is 0 Å². The van der Waals surface area contributed by atoms with Crippen LogP contribution in [0.25, 0.3) is 61.3 Å². The molecule has 0 spiro atoms. The molecule has 0 atom stereocenters. The molecule has 7 aromatic rings. The minimum Gasteiger partial charge on any atom is -0.486 e. The number of furan rings is 1. The molecule has 0 N–H and O–H groups in total. The van der Waals surface area contributed by atoms with Gasteiger partial charge in [-0.1, -0.05) is 41.3 Å². The second-order valence-corrected chi connectivity index (χ2v) is 10.9. The van der Waals surface area contributed by atoms with Crippen molar-refractivity contribution < 1.29 is 24.5 Å². The molecule has 0 fully saturated rings. The number of hydrogen-bond donors (Lipinski definition) is 0. The molecule has 0 saturated heterocycles. The van der Waals surface area contributed by atoms with Gasteiger partial charge in [0.1, 0.15) is 0 Å². The molecule has 0 unspecified atom stereocenters. The van der Waals surface area contributed by atoms with Crippen molar-refractivity contribution in [3.8, 4) is 22.6 Å². The van der Waals surface area contributed by atoms with Crippen molar-refractivity contribution in [2.45, 2.75) is 33.2 Å². The normalized spacial score (nSPS) is 13.4. The molecule has 1 aliphatic rings. The molecule has 8 rings (SSSR count). The summed E-state index contributed by atoms with van der Waals surface area (Å²) in [6.07, 6.45) is 4.09. The summed E-state index contributed by atoms with van der Waals surface area (Å²) in [4.78, 5) is 13.7. The van der Waals surface area contributed by atoms with Crippen LogP contribution in [-0.2, 0) is 25.6 Å². The number of aryl methyl sites for hydroxylation is 1. The summed E-state index contributed by atoms with van der Waals surface area (Å²) in [6, 6.07) is 34.7. The Morgan fingerprint density at radius 1 is 0.810 bits per heavy atom. The fourth-order valence-electron chi connectivity index (χ4n) is 5.81. The third-order valence-corrected chi connectivity index (χ3v) is 7.56. The summed E-state index contributed by atoms with van der Waals surface area (Å²) in [6.45, 7) is 8.61. The first-order chi connectivity index (χ1) is 19.9. The number of pyridine rings is 2. The molecule has 0 saturated carbocycles. The summed E-state index contributed by atoms with van der Waals surface area (Å²) >= 11 is 0. The minimum atomic E-state index is -0.0911. The Labute approximate surface area is 258 Å². The van der Waals surface area contributed by atoms with Gasteiger partial charge in [0, 0.05) is 42.9 Å². The number of hydrogen-bond acceptors (Lipinski definition) is 4. The third kappa shape index (κ3) is 4.67. The number of fused-ring (bicyclic) bond motifs is 3. The van der Waals surface area contributed by atoms with E-state index in [1.165, 1.54) is 16.7 Å². The van der Waals surface area contributed by atoms with E-state index >= 15 is 0 Å².